The first-order valence-electron chi connectivity index (χ1n) is 8.39. The number of nitrogens with one attached hydrogen (secondary N) is 2. The van der Waals surface area contributed by atoms with Crippen molar-refractivity contribution >= 4 is 23.0 Å². The third-order valence-electron chi connectivity index (χ3n) is 4.53. The number of hydrogen-bond donors (Lipinski definition) is 2. The number of thiocarbonyl (C=S) groups is 1. The minimum absolute atomic E-state index is 0.227. The number of nitrogens with zero attached hydrogens (tertiary/aromatic N) is 2. The monoisotopic (exact) mass is 346 g/mol. The summed E-state index contributed by atoms with van der Waals surface area (Å²) in [7, 11) is 0. The average Bonchev–Trinajstić information content (AvgIpc) is 3.12. The highest BCUT2D eigenvalue weighted by atomic mass is 32.1. The quantitative estimate of drug-likeness (QED) is 0.824. The summed E-state index contributed by atoms with van der Waals surface area (Å²) in [5.41, 5.74) is 3.70. The van der Waals surface area contributed by atoms with Gasteiger partial charge < -0.3 is 10.6 Å². The maximum atomic E-state index is 13.4. The molecule has 3 rings (SSSR count). The second-order valence-electron chi connectivity index (χ2n) is 6.41. The maximum absolute atomic E-state index is 13.4. The molecule has 6 heteroatoms. The smallest absolute Gasteiger partial charge is 0.171 e. The van der Waals surface area contributed by atoms with Gasteiger partial charge in [0.05, 0.1) is 23.6 Å². The summed E-state index contributed by atoms with van der Waals surface area (Å²) in [5.74, 6) is -0.227. The Balaban J connectivity index is 1.70. The largest absolute Gasteiger partial charge is 0.360 e. The van der Waals surface area contributed by atoms with E-state index in [4.69, 9.17) is 12.2 Å². The molecule has 0 unspecified atom stereocenters. The van der Waals surface area contributed by atoms with Gasteiger partial charge in [-0.1, -0.05) is 25.0 Å². The van der Waals surface area contributed by atoms with Crippen LogP contribution in [-0.4, -0.2) is 20.9 Å². The number of aryl methyl sites for hydroxylation is 1. The molecule has 0 aliphatic heterocycles. The molecule has 1 aliphatic rings. The van der Waals surface area contributed by atoms with Gasteiger partial charge in [-0.05, 0) is 56.6 Å². The van der Waals surface area contributed by atoms with Crippen molar-refractivity contribution in [3.63, 3.8) is 0 Å². The predicted molar refractivity (Wildman–Crippen MR) is 98.8 cm³/mol. The first kappa shape index (κ1) is 16.9. The van der Waals surface area contributed by atoms with Crippen LogP contribution in [0.3, 0.4) is 0 Å². The summed E-state index contributed by atoms with van der Waals surface area (Å²) >= 11 is 5.44. The Kier molecular flexibility index (Phi) is 5.14. The fourth-order valence-corrected chi connectivity index (χ4v) is 3.51. The number of aromatic nitrogens is 2. The van der Waals surface area contributed by atoms with E-state index in [1.807, 2.05) is 24.6 Å². The van der Waals surface area contributed by atoms with Gasteiger partial charge in [-0.15, -0.1) is 0 Å². The fraction of sp³-hybridized carbons (Fsp3) is 0.444. The number of hydrogen-bond acceptors (Lipinski definition) is 2. The number of rotatable bonds is 4. The summed E-state index contributed by atoms with van der Waals surface area (Å²) in [6, 6.07) is 7.09. The van der Waals surface area contributed by atoms with E-state index in [0.717, 1.165) is 22.6 Å². The molecule has 0 saturated heterocycles. The van der Waals surface area contributed by atoms with Crippen molar-refractivity contribution in [2.24, 2.45) is 0 Å². The van der Waals surface area contributed by atoms with Gasteiger partial charge in [0.2, 0.25) is 0 Å². The molecule has 0 radical (unpaired) electrons. The van der Waals surface area contributed by atoms with Crippen LogP contribution >= 0.6 is 12.2 Å². The molecule has 0 bridgehead atoms. The molecular formula is C18H23FN4S. The molecule has 0 atom stereocenters. The standard InChI is InChI=1S/C18H23FN4S/c1-12-17(21-18(24)20-16-8-3-4-9-16)13(2)23(22-12)11-14-6-5-7-15(19)10-14/h5-7,10,16H,3-4,8-9,11H2,1-2H3,(H2,20,21,24). The highest BCUT2D eigenvalue weighted by Gasteiger charge is 2.17. The lowest BCUT2D eigenvalue weighted by Crippen LogP contribution is -2.36. The molecule has 2 N–H and O–H groups in total. The van der Waals surface area contributed by atoms with Gasteiger partial charge >= 0.3 is 0 Å². The Bertz CT molecular complexity index is 735. The molecule has 4 nitrogen and oxygen atoms in total. The van der Waals surface area contributed by atoms with Crippen LogP contribution in [0.15, 0.2) is 24.3 Å². The maximum Gasteiger partial charge on any atom is 0.171 e. The van der Waals surface area contributed by atoms with Gasteiger partial charge in [0.1, 0.15) is 5.82 Å². The molecule has 1 aliphatic carbocycles. The third-order valence-corrected chi connectivity index (χ3v) is 4.75. The molecular weight excluding hydrogens is 323 g/mol. The van der Waals surface area contributed by atoms with E-state index in [9.17, 15) is 4.39 Å². The first-order valence-corrected chi connectivity index (χ1v) is 8.79. The van der Waals surface area contributed by atoms with Crippen molar-refractivity contribution in [2.75, 3.05) is 5.32 Å². The topological polar surface area (TPSA) is 41.9 Å². The average molecular weight is 346 g/mol. The van der Waals surface area contributed by atoms with Crippen LogP contribution in [0.25, 0.3) is 0 Å². The second kappa shape index (κ2) is 7.30. The van der Waals surface area contributed by atoms with Gasteiger partial charge in [0, 0.05) is 6.04 Å². The van der Waals surface area contributed by atoms with Crippen molar-refractivity contribution in [3.8, 4) is 0 Å². The summed E-state index contributed by atoms with van der Waals surface area (Å²) < 4.78 is 15.2. The Morgan fingerprint density at radius 3 is 2.79 bits per heavy atom. The summed E-state index contributed by atoms with van der Waals surface area (Å²) in [6.45, 7) is 4.49. The van der Waals surface area contributed by atoms with E-state index in [2.05, 4.69) is 15.7 Å². The predicted octanol–water partition coefficient (Wildman–Crippen LogP) is 3.92. The van der Waals surface area contributed by atoms with Crippen LogP contribution < -0.4 is 10.6 Å². The minimum Gasteiger partial charge on any atom is -0.360 e. The van der Waals surface area contributed by atoms with Gasteiger partial charge in [0.15, 0.2) is 5.11 Å². The Morgan fingerprint density at radius 2 is 2.08 bits per heavy atom. The third kappa shape index (κ3) is 3.93. The second-order valence-corrected chi connectivity index (χ2v) is 6.82. The lowest BCUT2D eigenvalue weighted by Gasteiger charge is -2.16. The van der Waals surface area contributed by atoms with Crippen molar-refractivity contribution in [1.29, 1.82) is 0 Å². The summed E-state index contributed by atoms with van der Waals surface area (Å²) in [6.07, 6.45) is 4.89. The van der Waals surface area contributed by atoms with Crippen molar-refractivity contribution < 1.29 is 4.39 Å². The molecule has 1 aromatic heterocycles. The van der Waals surface area contributed by atoms with E-state index < -0.39 is 0 Å². The van der Waals surface area contributed by atoms with Gasteiger partial charge in [-0.3, -0.25) is 4.68 Å². The minimum atomic E-state index is -0.227. The summed E-state index contributed by atoms with van der Waals surface area (Å²) in [5, 5.41) is 11.9. The Hall–Kier alpha value is -1.95. The van der Waals surface area contributed by atoms with E-state index in [1.165, 1.54) is 37.8 Å². The zero-order valence-corrected chi connectivity index (χ0v) is 14.9. The lowest BCUT2D eigenvalue weighted by molar-refractivity contribution is 0.616. The van der Waals surface area contributed by atoms with E-state index in [0.29, 0.717) is 17.7 Å². The molecule has 1 heterocycles. The normalized spacial score (nSPS) is 14.8. The molecule has 1 fully saturated rings. The van der Waals surface area contributed by atoms with Gasteiger partial charge in [-0.25, -0.2) is 4.39 Å². The number of benzene rings is 1. The van der Waals surface area contributed by atoms with E-state index >= 15 is 0 Å². The van der Waals surface area contributed by atoms with Crippen molar-refractivity contribution in [3.05, 3.63) is 47.0 Å². The van der Waals surface area contributed by atoms with Gasteiger partial charge in [0.25, 0.3) is 0 Å². The van der Waals surface area contributed by atoms with Crippen LogP contribution in [0.5, 0.6) is 0 Å². The van der Waals surface area contributed by atoms with Gasteiger partial charge in [-0.2, -0.15) is 5.10 Å². The zero-order chi connectivity index (χ0) is 17.1. The molecule has 128 valence electrons. The van der Waals surface area contributed by atoms with Crippen LogP contribution in [0, 0.1) is 19.7 Å². The van der Waals surface area contributed by atoms with E-state index in [-0.39, 0.29) is 5.82 Å². The number of anilines is 1. The van der Waals surface area contributed by atoms with Crippen molar-refractivity contribution in [2.45, 2.75) is 52.1 Å². The molecule has 0 amide bonds. The highest BCUT2D eigenvalue weighted by molar-refractivity contribution is 7.80. The Labute approximate surface area is 147 Å². The van der Waals surface area contributed by atoms with Crippen LogP contribution in [0.2, 0.25) is 0 Å². The number of halogens is 1. The van der Waals surface area contributed by atoms with Crippen molar-refractivity contribution in [1.82, 2.24) is 15.1 Å². The first-order chi connectivity index (χ1) is 11.5. The molecule has 24 heavy (non-hydrogen) atoms. The highest BCUT2D eigenvalue weighted by Crippen LogP contribution is 2.22. The van der Waals surface area contributed by atoms with Crippen LogP contribution in [0.1, 0.15) is 42.6 Å². The molecule has 1 saturated carbocycles. The molecule has 1 aromatic carbocycles. The molecule has 0 spiro atoms. The van der Waals surface area contributed by atoms with E-state index in [1.54, 1.807) is 6.07 Å². The zero-order valence-electron chi connectivity index (χ0n) is 14.1. The van der Waals surface area contributed by atoms with Crippen LogP contribution in [-0.2, 0) is 6.54 Å². The fourth-order valence-electron chi connectivity index (χ4n) is 3.25. The SMILES string of the molecule is Cc1nn(Cc2cccc(F)c2)c(C)c1NC(=S)NC1CCCC1. The summed E-state index contributed by atoms with van der Waals surface area (Å²) in [4.78, 5) is 0. The Morgan fingerprint density at radius 1 is 1.33 bits per heavy atom. The molecule has 2 aromatic rings. The lowest BCUT2D eigenvalue weighted by atomic mass is 10.2. The van der Waals surface area contributed by atoms with Crippen LogP contribution in [0.4, 0.5) is 10.1 Å².